The van der Waals surface area contributed by atoms with E-state index in [4.69, 9.17) is 10.5 Å². The molecule has 0 unspecified atom stereocenters. The standard InChI is InChI=1S/C22H26N6O6/c1-3-4-10-27-17(23)16(18(30)24-20(27)32)26(2)15(29)12-28-19(31)22(25-21(28)33)9-11-34-14-8-6-5-7-13(14)22/h5-8H,3-4,9-12,23H2,1-2H3,(H,25,33)(H,24,30,32)/t22-/m0/s1. The van der Waals surface area contributed by atoms with Crippen LogP contribution in [0, 0.1) is 0 Å². The number of anilines is 2. The van der Waals surface area contributed by atoms with Crippen LogP contribution in [0.5, 0.6) is 5.75 Å². The van der Waals surface area contributed by atoms with Gasteiger partial charge in [-0.2, -0.15) is 0 Å². The first-order chi connectivity index (χ1) is 16.2. The Morgan fingerprint density at radius 2 is 1.97 bits per heavy atom. The Bertz CT molecular complexity index is 1280. The number of nitrogens with zero attached hydrogens (tertiary/aromatic N) is 3. The van der Waals surface area contributed by atoms with Crippen molar-refractivity contribution in [3.63, 3.8) is 0 Å². The third-order valence-electron chi connectivity index (χ3n) is 6.21. The molecule has 2 aliphatic heterocycles. The van der Waals surface area contributed by atoms with Gasteiger partial charge < -0.3 is 20.7 Å². The van der Waals surface area contributed by atoms with Gasteiger partial charge in [-0.05, 0) is 12.5 Å². The Labute approximate surface area is 194 Å². The minimum atomic E-state index is -1.32. The van der Waals surface area contributed by atoms with E-state index in [0.29, 0.717) is 17.7 Å². The van der Waals surface area contributed by atoms with E-state index < -0.39 is 41.2 Å². The zero-order valence-corrected chi connectivity index (χ0v) is 18.9. The fourth-order valence-corrected chi connectivity index (χ4v) is 4.32. The van der Waals surface area contributed by atoms with Crippen molar-refractivity contribution < 1.29 is 19.1 Å². The molecular weight excluding hydrogens is 444 g/mol. The molecule has 12 heteroatoms. The van der Waals surface area contributed by atoms with E-state index in [-0.39, 0.29) is 31.1 Å². The Balaban J connectivity index is 1.61. The first-order valence-electron chi connectivity index (χ1n) is 11.0. The number of rotatable bonds is 6. The van der Waals surface area contributed by atoms with Crippen LogP contribution in [0.25, 0.3) is 0 Å². The van der Waals surface area contributed by atoms with Crippen LogP contribution in [-0.4, -0.2) is 52.5 Å². The molecule has 4 N–H and O–H groups in total. The molecule has 2 aliphatic rings. The number of imide groups is 1. The largest absolute Gasteiger partial charge is 0.493 e. The third-order valence-corrected chi connectivity index (χ3v) is 6.21. The number of unbranched alkanes of at least 4 members (excludes halogenated alkanes) is 1. The number of amides is 4. The zero-order valence-electron chi connectivity index (χ0n) is 18.9. The summed E-state index contributed by atoms with van der Waals surface area (Å²) in [6.45, 7) is 1.81. The van der Waals surface area contributed by atoms with Crippen molar-refractivity contribution in [3.8, 4) is 5.75 Å². The molecular formula is C22H26N6O6. The number of carbonyl (C=O) groups excluding carboxylic acids is 3. The maximum Gasteiger partial charge on any atom is 0.330 e. The molecule has 0 saturated carbocycles. The number of nitrogen functional groups attached to an aromatic ring is 1. The Hall–Kier alpha value is -4.09. The van der Waals surface area contributed by atoms with E-state index in [0.717, 1.165) is 16.2 Å². The third kappa shape index (κ3) is 3.60. The topological polar surface area (TPSA) is 160 Å². The number of H-pyrrole nitrogens is 1. The first-order valence-corrected chi connectivity index (χ1v) is 11.0. The van der Waals surface area contributed by atoms with Gasteiger partial charge in [0.15, 0.2) is 11.2 Å². The maximum atomic E-state index is 13.4. The van der Waals surface area contributed by atoms with Crippen LogP contribution in [0.1, 0.15) is 31.7 Å². The fraction of sp³-hybridized carbons (Fsp3) is 0.409. The summed E-state index contributed by atoms with van der Waals surface area (Å²) in [6.07, 6.45) is 1.64. The van der Waals surface area contributed by atoms with Crippen LogP contribution >= 0.6 is 0 Å². The molecule has 4 rings (SSSR count). The molecule has 2 aromatic rings. The lowest BCUT2D eigenvalue weighted by atomic mass is 9.84. The van der Waals surface area contributed by atoms with Crippen molar-refractivity contribution >= 4 is 29.4 Å². The van der Waals surface area contributed by atoms with Gasteiger partial charge in [-0.25, -0.2) is 9.59 Å². The number of fused-ring (bicyclic) bond motifs is 2. The Morgan fingerprint density at radius 1 is 1.24 bits per heavy atom. The van der Waals surface area contributed by atoms with Crippen LogP contribution in [0.4, 0.5) is 16.3 Å². The van der Waals surface area contributed by atoms with Crippen LogP contribution in [0.2, 0.25) is 0 Å². The SMILES string of the molecule is CCCCn1c(N)c(N(C)C(=O)CN2C(=O)N[C@]3(CCOc4ccccc43)C2=O)c(=O)[nH]c1=O. The van der Waals surface area contributed by atoms with Gasteiger partial charge in [0, 0.05) is 25.6 Å². The molecule has 1 atom stereocenters. The summed E-state index contributed by atoms with van der Waals surface area (Å²) in [5, 5.41) is 2.72. The number of nitrogens with two attached hydrogens (primary N) is 1. The highest BCUT2D eigenvalue weighted by atomic mass is 16.5. The summed E-state index contributed by atoms with van der Waals surface area (Å²) in [4.78, 5) is 67.8. The van der Waals surface area contributed by atoms with E-state index in [1.807, 2.05) is 6.92 Å². The minimum absolute atomic E-state index is 0.162. The van der Waals surface area contributed by atoms with Gasteiger partial charge in [0.2, 0.25) is 5.91 Å². The van der Waals surface area contributed by atoms with Crippen LogP contribution in [-0.2, 0) is 21.7 Å². The smallest absolute Gasteiger partial charge is 0.330 e. The van der Waals surface area contributed by atoms with Crippen molar-refractivity contribution in [2.75, 3.05) is 30.8 Å². The van der Waals surface area contributed by atoms with Crippen molar-refractivity contribution in [3.05, 3.63) is 50.7 Å². The number of hydrogen-bond donors (Lipinski definition) is 3. The number of nitrogens with one attached hydrogen (secondary N) is 2. The fourth-order valence-electron chi connectivity index (χ4n) is 4.32. The summed E-state index contributed by atoms with van der Waals surface area (Å²) >= 11 is 0. The molecule has 1 aromatic heterocycles. The monoisotopic (exact) mass is 470 g/mol. The molecule has 1 fully saturated rings. The number of para-hydroxylation sites is 1. The molecule has 1 aromatic carbocycles. The predicted octanol–water partition coefficient (Wildman–Crippen LogP) is 0.112. The molecule has 1 spiro atoms. The number of carbonyl (C=O) groups is 3. The van der Waals surface area contributed by atoms with Crippen molar-refractivity contribution in [1.82, 2.24) is 19.8 Å². The number of urea groups is 1. The lowest BCUT2D eigenvalue weighted by molar-refractivity contribution is -0.135. The van der Waals surface area contributed by atoms with Gasteiger partial charge in [0.1, 0.15) is 18.1 Å². The van der Waals surface area contributed by atoms with Gasteiger partial charge in [0.25, 0.3) is 11.5 Å². The molecule has 3 heterocycles. The molecule has 12 nitrogen and oxygen atoms in total. The minimum Gasteiger partial charge on any atom is -0.493 e. The predicted molar refractivity (Wildman–Crippen MR) is 123 cm³/mol. The van der Waals surface area contributed by atoms with E-state index in [1.54, 1.807) is 24.3 Å². The molecule has 0 aliphatic carbocycles. The Kier molecular flexibility index (Phi) is 5.90. The van der Waals surface area contributed by atoms with E-state index >= 15 is 0 Å². The first kappa shape index (κ1) is 23.1. The molecule has 180 valence electrons. The average molecular weight is 470 g/mol. The van der Waals surface area contributed by atoms with Crippen molar-refractivity contribution in [2.24, 2.45) is 0 Å². The van der Waals surface area contributed by atoms with Gasteiger partial charge in [-0.1, -0.05) is 31.5 Å². The summed E-state index contributed by atoms with van der Waals surface area (Å²) in [5.74, 6) is -0.977. The van der Waals surface area contributed by atoms with Crippen LogP contribution < -0.4 is 31.9 Å². The highest BCUT2D eigenvalue weighted by Gasteiger charge is 2.55. The molecule has 4 amide bonds. The second-order valence-corrected chi connectivity index (χ2v) is 8.27. The summed E-state index contributed by atoms with van der Waals surface area (Å²) in [7, 11) is 1.30. The van der Waals surface area contributed by atoms with E-state index in [2.05, 4.69) is 10.3 Å². The van der Waals surface area contributed by atoms with Crippen molar-refractivity contribution in [1.29, 1.82) is 0 Å². The van der Waals surface area contributed by atoms with Gasteiger partial charge in [-0.3, -0.25) is 28.8 Å². The number of likely N-dealkylation sites (N-methyl/N-ethyl adjacent to an activating group) is 1. The van der Waals surface area contributed by atoms with Crippen LogP contribution in [0.15, 0.2) is 33.9 Å². The molecule has 0 bridgehead atoms. The van der Waals surface area contributed by atoms with E-state index in [9.17, 15) is 24.0 Å². The molecule has 1 saturated heterocycles. The molecule has 34 heavy (non-hydrogen) atoms. The van der Waals surface area contributed by atoms with Gasteiger partial charge >= 0.3 is 11.7 Å². The lowest BCUT2D eigenvalue weighted by Crippen LogP contribution is -2.48. The van der Waals surface area contributed by atoms with E-state index in [1.165, 1.54) is 11.6 Å². The number of aromatic nitrogens is 2. The van der Waals surface area contributed by atoms with Crippen molar-refractivity contribution in [2.45, 2.75) is 38.3 Å². The summed E-state index contributed by atoms with van der Waals surface area (Å²) < 4.78 is 6.79. The number of hydrogen-bond acceptors (Lipinski definition) is 7. The van der Waals surface area contributed by atoms with Gasteiger partial charge in [0.05, 0.1) is 6.61 Å². The van der Waals surface area contributed by atoms with Crippen LogP contribution in [0.3, 0.4) is 0 Å². The number of benzene rings is 1. The average Bonchev–Trinajstić information content (AvgIpc) is 3.03. The number of ether oxygens (including phenoxy) is 1. The van der Waals surface area contributed by atoms with Gasteiger partial charge in [-0.15, -0.1) is 0 Å². The molecule has 0 radical (unpaired) electrons. The Morgan fingerprint density at radius 3 is 2.71 bits per heavy atom. The maximum absolute atomic E-state index is 13.4. The second kappa shape index (κ2) is 8.69. The highest BCUT2D eigenvalue weighted by molar-refractivity contribution is 6.11. The zero-order chi connectivity index (χ0) is 24.6. The number of aromatic amines is 1. The second-order valence-electron chi connectivity index (χ2n) is 8.27. The highest BCUT2D eigenvalue weighted by Crippen LogP contribution is 2.40. The summed E-state index contributed by atoms with van der Waals surface area (Å²) in [6, 6.07) is 6.18. The summed E-state index contributed by atoms with van der Waals surface area (Å²) in [5.41, 5.74) is 3.53. The normalized spacial score (nSPS) is 19.1. The quantitative estimate of drug-likeness (QED) is 0.505. The lowest BCUT2D eigenvalue weighted by Gasteiger charge is -2.33.